The highest BCUT2D eigenvalue weighted by Gasteiger charge is 2.40. The topological polar surface area (TPSA) is 97.4 Å². The summed E-state index contributed by atoms with van der Waals surface area (Å²) >= 11 is 0. The molecule has 4 rings (SSSR count). The van der Waals surface area contributed by atoms with Gasteiger partial charge in [0.25, 0.3) is 0 Å². The Kier molecular flexibility index (Phi) is 5.69. The summed E-state index contributed by atoms with van der Waals surface area (Å²) in [5, 5.41) is 13.3. The maximum atomic E-state index is 12.5. The first-order valence-electron chi connectivity index (χ1n) is 10.2. The molecular weight excluding hydrogens is 406 g/mol. The summed E-state index contributed by atoms with van der Waals surface area (Å²) in [6.07, 6.45) is 5.47. The van der Waals surface area contributed by atoms with Gasteiger partial charge in [-0.25, -0.2) is 13.4 Å². The Balaban J connectivity index is 1.76. The maximum Gasteiger partial charge on any atom is 0.226 e. The van der Waals surface area contributed by atoms with E-state index >= 15 is 0 Å². The lowest BCUT2D eigenvalue weighted by Gasteiger charge is -2.42. The van der Waals surface area contributed by atoms with Crippen LogP contribution < -0.4 is 4.73 Å². The van der Waals surface area contributed by atoms with Crippen LogP contribution in [-0.2, 0) is 32.5 Å². The van der Waals surface area contributed by atoms with Gasteiger partial charge < -0.3 is 19.2 Å². The number of para-hydroxylation sites is 1. The summed E-state index contributed by atoms with van der Waals surface area (Å²) in [7, 11) is -3.08. The van der Waals surface area contributed by atoms with Crippen molar-refractivity contribution in [3.8, 4) is 0 Å². The van der Waals surface area contributed by atoms with Crippen molar-refractivity contribution in [1.29, 1.82) is 0 Å². The standard InChI is InChI=1S/C21H27N3O5S/c1-3-28-14-19-22-17-13-24(25)18-8-5-4-7-16(18)20(17)23(19)15-21(9-6-10-21)29-11-12-30(2,26)27/h4-5,7-8,13H,3,6,9-12,14-15H2,1-2H3. The average molecular weight is 434 g/mol. The minimum Gasteiger partial charge on any atom is -0.618 e. The van der Waals surface area contributed by atoms with Crippen molar-refractivity contribution in [1.82, 2.24) is 9.55 Å². The Labute approximate surface area is 175 Å². The zero-order valence-electron chi connectivity index (χ0n) is 17.3. The molecule has 0 radical (unpaired) electrons. The van der Waals surface area contributed by atoms with Gasteiger partial charge in [-0.15, -0.1) is 0 Å². The van der Waals surface area contributed by atoms with Gasteiger partial charge in [0.1, 0.15) is 22.3 Å². The summed E-state index contributed by atoms with van der Waals surface area (Å²) in [6, 6.07) is 7.46. The molecule has 0 amide bonds. The normalized spacial score (nSPS) is 16.2. The van der Waals surface area contributed by atoms with Gasteiger partial charge in [-0.1, -0.05) is 12.1 Å². The van der Waals surface area contributed by atoms with Gasteiger partial charge in [-0.2, -0.15) is 4.73 Å². The SMILES string of the molecule is CCOCc1nc2c[n+]([O-])c3ccccc3c2n1CC1(OCCS(C)(=O)=O)CCC1. The second-order valence-electron chi connectivity index (χ2n) is 7.97. The van der Waals surface area contributed by atoms with E-state index in [1.165, 1.54) is 12.5 Å². The molecular formula is C21H27N3O5S. The Hall–Kier alpha value is -2.23. The van der Waals surface area contributed by atoms with Gasteiger partial charge in [0, 0.05) is 18.9 Å². The molecule has 0 aliphatic heterocycles. The zero-order valence-corrected chi connectivity index (χ0v) is 18.2. The third-order valence-electron chi connectivity index (χ3n) is 5.72. The van der Waals surface area contributed by atoms with Crippen molar-refractivity contribution < 1.29 is 22.6 Å². The Morgan fingerprint density at radius 3 is 2.73 bits per heavy atom. The summed E-state index contributed by atoms with van der Waals surface area (Å²) < 4.78 is 37.7. The van der Waals surface area contributed by atoms with E-state index < -0.39 is 15.4 Å². The molecule has 2 heterocycles. The molecule has 1 aliphatic rings. The van der Waals surface area contributed by atoms with Crippen LogP contribution in [0.1, 0.15) is 32.0 Å². The number of fused-ring (bicyclic) bond motifs is 3. The first-order chi connectivity index (χ1) is 14.3. The van der Waals surface area contributed by atoms with Crippen LogP contribution >= 0.6 is 0 Å². The fourth-order valence-electron chi connectivity index (χ4n) is 4.03. The lowest BCUT2D eigenvalue weighted by molar-refractivity contribution is -0.575. The van der Waals surface area contributed by atoms with Crippen LogP contribution in [0.4, 0.5) is 0 Å². The van der Waals surface area contributed by atoms with Crippen molar-refractivity contribution in [2.75, 3.05) is 25.2 Å². The highest BCUT2D eigenvalue weighted by molar-refractivity contribution is 7.90. The quantitative estimate of drug-likeness (QED) is 0.380. The summed E-state index contributed by atoms with van der Waals surface area (Å²) in [6.45, 7) is 3.53. The number of imidazole rings is 1. The van der Waals surface area contributed by atoms with Crippen LogP contribution in [0.3, 0.4) is 0 Å². The number of sulfone groups is 1. The van der Waals surface area contributed by atoms with Crippen LogP contribution in [-0.4, -0.2) is 48.8 Å². The molecule has 1 aliphatic carbocycles. The number of benzene rings is 1. The molecule has 162 valence electrons. The van der Waals surface area contributed by atoms with Crippen LogP contribution in [0, 0.1) is 5.21 Å². The predicted octanol–water partition coefficient (Wildman–Crippen LogP) is 2.34. The van der Waals surface area contributed by atoms with E-state index in [4.69, 9.17) is 9.47 Å². The van der Waals surface area contributed by atoms with Crippen molar-refractivity contribution in [3.05, 3.63) is 41.5 Å². The molecule has 30 heavy (non-hydrogen) atoms. The minimum absolute atomic E-state index is 0.00431. The Morgan fingerprint density at radius 1 is 1.30 bits per heavy atom. The summed E-state index contributed by atoms with van der Waals surface area (Å²) in [4.78, 5) is 4.69. The van der Waals surface area contributed by atoms with Gasteiger partial charge in [0.05, 0.1) is 35.4 Å². The molecule has 0 spiro atoms. The fourth-order valence-corrected chi connectivity index (χ4v) is 4.42. The van der Waals surface area contributed by atoms with Crippen LogP contribution in [0.25, 0.3) is 21.9 Å². The third-order valence-corrected chi connectivity index (χ3v) is 6.63. The second-order valence-corrected chi connectivity index (χ2v) is 10.2. The fraction of sp³-hybridized carbons (Fsp3) is 0.524. The van der Waals surface area contributed by atoms with Crippen molar-refractivity contribution in [3.63, 3.8) is 0 Å². The highest BCUT2D eigenvalue weighted by Crippen LogP contribution is 2.39. The first kappa shape index (κ1) is 21.0. The van der Waals surface area contributed by atoms with Crippen molar-refractivity contribution in [2.24, 2.45) is 0 Å². The minimum atomic E-state index is -3.08. The molecule has 8 nitrogen and oxygen atoms in total. The number of hydrogen-bond acceptors (Lipinski definition) is 6. The summed E-state index contributed by atoms with van der Waals surface area (Å²) in [5.74, 6) is 0.742. The molecule has 0 unspecified atom stereocenters. The number of rotatable bonds is 9. The van der Waals surface area contributed by atoms with Gasteiger partial charge in [0.15, 0.2) is 5.52 Å². The Morgan fingerprint density at radius 2 is 2.07 bits per heavy atom. The molecule has 9 heteroatoms. The van der Waals surface area contributed by atoms with Gasteiger partial charge in [-0.05, 0) is 32.3 Å². The number of nitrogens with zero attached hydrogens (tertiary/aromatic N) is 3. The lowest BCUT2D eigenvalue weighted by atomic mass is 9.79. The molecule has 2 aromatic heterocycles. The first-order valence-corrected chi connectivity index (χ1v) is 12.3. The van der Waals surface area contributed by atoms with E-state index in [1.807, 2.05) is 25.1 Å². The van der Waals surface area contributed by atoms with Crippen LogP contribution in [0.15, 0.2) is 30.5 Å². The molecule has 1 saturated carbocycles. The van der Waals surface area contributed by atoms with E-state index in [1.54, 1.807) is 6.07 Å². The van der Waals surface area contributed by atoms with E-state index in [-0.39, 0.29) is 12.4 Å². The van der Waals surface area contributed by atoms with Crippen molar-refractivity contribution >= 4 is 31.8 Å². The number of pyridine rings is 1. The number of aromatic nitrogens is 3. The molecule has 1 fully saturated rings. The number of hydrogen-bond donors (Lipinski definition) is 0. The van der Waals surface area contributed by atoms with E-state index in [0.29, 0.717) is 30.8 Å². The van der Waals surface area contributed by atoms with Crippen molar-refractivity contribution in [2.45, 2.75) is 44.9 Å². The molecule has 0 N–H and O–H groups in total. The molecule has 0 saturated heterocycles. The monoisotopic (exact) mass is 433 g/mol. The van der Waals surface area contributed by atoms with Gasteiger partial charge in [-0.3, -0.25) is 0 Å². The molecule has 0 atom stereocenters. The van der Waals surface area contributed by atoms with Gasteiger partial charge >= 0.3 is 0 Å². The largest absolute Gasteiger partial charge is 0.618 e. The lowest BCUT2D eigenvalue weighted by Crippen LogP contribution is -2.45. The predicted molar refractivity (Wildman–Crippen MR) is 114 cm³/mol. The van der Waals surface area contributed by atoms with E-state index in [9.17, 15) is 13.6 Å². The molecule has 3 aromatic rings. The molecule has 0 bridgehead atoms. The summed E-state index contributed by atoms with van der Waals surface area (Å²) in [5.41, 5.74) is 1.65. The smallest absolute Gasteiger partial charge is 0.226 e. The maximum absolute atomic E-state index is 12.5. The second kappa shape index (κ2) is 8.13. The highest BCUT2D eigenvalue weighted by atomic mass is 32.2. The third kappa shape index (κ3) is 4.14. The van der Waals surface area contributed by atoms with E-state index in [0.717, 1.165) is 40.7 Å². The Bertz CT molecular complexity index is 1170. The average Bonchev–Trinajstić information content (AvgIpc) is 3.00. The van der Waals surface area contributed by atoms with Crippen LogP contribution in [0.2, 0.25) is 0 Å². The van der Waals surface area contributed by atoms with E-state index in [2.05, 4.69) is 9.55 Å². The zero-order chi connectivity index (χ0) is 21.4. The van der Waals surface area contributed by atoms with Gasteiger partial charge in [0.2, 0.25) is 11.7 Å². The number of ether oxygens (including phenoxy) is 2. The molecule has 1 aromatic carbocycles. The van der Waals surface area contributed by atoms with Crippen LogP contribution in [0.5, 0.6) is 0 Å².